The molecular weight excluding hydrogens is 404 g/mol. The molecule has 0 N–H and O–H groups in total. The van der Waals surface area contributed by atoms with Crippen LogP contribution >= 0.6 is 11.6 Å². The fraction of sp³-hybridized carbons (Fsp3) is 0.261. The van der Waals surface area contributed by atoms with Gasteiger partial charge in [-0.3, -0.25) is 14.4 Å². The number of anilines is 1. The van der Waals surface area contributed by atoms with Gasteiger partial charge >= 0.3 is 0 Å². The van der Waals surface area contributed by atoms with Crippen LogP contribution in [0.4, 0.5) is 5.69 Å². The lowest BCUT2D eigenvalue weighted by molar-refractivity contribution is -0.126. The standard InChI is InChI=1S/C23H19ClN2O4/c1-3-11-26-21(28)20-18(19(27)14-12-13(24)9-10-17(14)30-20)23(26)15-7-5-6-8-16(15)25(4-2)22(23)29/h5-10,12H,3-4,11H2,1-2H3. The topological polar surface area (TPSA) is 70.8 Å². The smallest absolute Gasteiger partial charge is 0.291 e. The maximum absolute atomic E-state index is 13.9. The Morgan fingerprint density at radius 1 is 1.07 bits per heavy atom. The van der Waals surface area contributed by atoms with E-state index in [-0.39, 0.29) is 28.2 Å². The predicted molar refractivity (Wildman–Crippen MR) is 114 cm³/mol. The van der Waals surface area contributed by atoms with Crippen molar-refractivity contribution in [3.05, 3.63) is 74.6 Å². The molecule has 6 nitrogen and oxygen atoms in total. The van der Waals surface area contributed by atoms with Crippen LogP contribution in [0.3, 0.4) is 0 Å². The van der Waals surface area contributed by atoms with Gasteiger partial charge in [-0.2, -0.15) is 0 Å². The van der Waals surface area contributed by atoms with Crippen LogP contribution in [0.25, 0.3) is 11.0 Å². The van der Waals surface area contributed by atoms with Crippen LogP contribution < -0.4 is 10.3 Å². The van der Waals surface area contributed by atoms with Gasteiger partial charge in [0, 0.05) is 23.7 Å². The fourth-order valence-electron chi connectivity index (χ4n) is 4.80. The lowest BCUT2D eigenvalue weighted by atomic mass is 9.84. The van der Waals surface area contributed by atoms with Gasteiger partial charge in [-0.1, -0.05) is 36.7 Å². The minimum absolute atomic E-state index is 0.0654. The number of halogens is 1. The quantitative estimate of drug-likeness (QED) is 0.641. The first-order valence-corrected chi connectivity index (χ1v) is 10.3. The summed E-state index contributed by atoms with van der Waals surface area (Å²) in [7, 11) is 0. The maximum atomic E-state index is 13.9. The van der Waals surface area contributed by atoms with Gasteiger partial charge < -0.3 is 14.2 Å². The lowest BCUT2D eigenvalue weighted by Crippen LogP contribution is -2.53. The van der Waals surface area contributed by atoms with Crippen LogP contribution in [0.15, 0.2) is 51.7 Å². The van der Waals surface area contributed by atoms with Crippen molar-refractivity contribution in [2.45, 2.75) is 25.8 Å². The van der Waals surface area contributed by atoms with Gasteiger partial charge in [-0.15, -0.1) is 0 Å². The first kappa shape index (κ1) is 18.9. The Balaban J connectivity index is 1.95. The van der Waals surface area contributed by atoms with Gasteiger partial charge in [-0.05, 0) is 37.6 Å². The van der Waals surface area contributed by atoms with E-state index in [0.717, 1.165) is 0 Å². The molecule has 0 radical (unpaired) electrons. The van der Waals surface area contributed by atoms with Crippen LogP contribution in [0.5, 0.6) is 0 Å². The number of nitrogens with zero attached hydrogens (tertiary/aromatic N) is 2. The number of carbonyl (C=O) groups is 2. The number of carbonyl (C=O) groups excluding carboxylic acids is 2. The molecule has 0 fully saturated rings. The number of fused-ring (bicyclic) bond motifs is 5. The highest BCUT2D eigenvalue weighted by Gasteiger charge is 2.64. The van der Waals surface area contributed by atoms with E-state index in [4.69, 9.17) is 16.0 Å². The minimum atomic E-state index is -1.52. The number of hydrogen-bond donors (Lipinski definition) is 0. The van der Waals surface area contributed by atoms with Gasteiger partial charge in [0.15, 0.2) is 11.0 Å². The summed E-state index contributed by atoms with van der Waals surface area (Å²) >= 11 is 6.12. The van der Waals surface area contributed by atoms with Crippen LogP contribution in [-0.2, 0) is 10.3 Å². The van der Waals surface area contributed by atoms with Crippen molar-refractivity contribution in [3.63, 3.8) is 0 Å². The molecular formula is C23H19ClN2O4. The third-order valence-corrected chi connectivity index (χ3v) is 6.20. The van der Waals surface area contributed by atoms with Crippen LogP contribution in [0, 0.1) is 0 Å². The van der Waals surface area contributed by atoms with Crippen molar-refractivity contribution >= 4 is 40.1 Å². The summed E-state index contributed by atoms with van der Waals surface area (Å²) in [5.74, 6) is -0.813. The molecule has 2 aliphatic rings. The largest absolute Gasteiger partial charge is 0.450 e. The molecule has 5 rings (SSSR count). The highest BCUT2D eigenvalue weighted by molar-refractivity contribution is 6.31. The summed E-state index contributed by atoms with van der Waals surface area (Å²) in [6, 6.07) is 12.0. The van der Waals surface area contributed by atoms with Crippen molar-refractivity contribution < 1.29 is 14.0 Å². The Bertz CT molecular complexity index is 1300. The summed E-state index contributed by atoms with van der Waals surface area (Å²) in [6.45, 7) is 4.54. The molecule has 1 spiro atoms. The van der Waals surface area contributed by atoms with Crippen molar-refractivity contribution in [2.75, 3.05) is 18.0 Å². The zero-order chi connectivity index (χ0) is 21.2. The molecule has 1 unspecified atom stereocenters. The fourth-order valence-corrected chi connectivity index (χ4v) is 4.97. The van der Waals surface area contributed by atoms with Gasteiger partial charge in [0.25, 0.3) is 11.8 Å². The third-order valence-electron chi connectivity index (χ3n) is 5.96. The third kappa shape index (κ3) is 2.12. The zero-order valence-corrected chi connectivity index (χ0v) is 17.3. The Morgan fingerprint density at radius 3 is 2.57 bits per heavy atom. The molecule has 30 heavy (non-hydrogen) atoms. The molecule has 2 amide bonds. The second-order valence-corrected chi connectivity index (χ2v) is 7.95. The maximum Gasteiger partial charge on any atom is 0.291 e. The normalized spacial score (nSPS) is 19.8. The van der Waals surface area contributed by atoms with E-state index in [1.807, 2.05) is 38.1 Å². The first-order chi connectivity index (χ1) is 14.5. The second kappa shape index (κ2) is 6.44. The number of para-hydroxylation sites is 1. The summed E-state index contributed by atoms with van der Waals surface area (Å²) in [6.07, 6.45) is 0.628. The number of rotatable bonds is 3. The van der Waals surface area contributed by atoms with E-state index in [1.54, 1.807) is 17.0 Å². The number of benzene rings is 2. The van der Waals surface area contributed by atoms with Crippen molar-refractivity contribution in [2.24, 2.45) is 0 Å². The molecule has 1 aromatic heterocycles. The van der Waals surface area contributed by atoms with E-state index >= 15 is 0 Å². The number of hydrogen-bond acceptors (Lipinski definition) is 4. The summed E-state index contributed by atoms with van der Waals surface area (Å²) in [5.41, 5.74) is -0.225. The molecule has 0 saturated heterocycles. The van der Waals surface area contributed by atoms with E-state index in [9.17, 15) is 14.4 Å². The molecule has 1 atom stereocenters. The van der Waals surface area contributed by atoms with Gasteiger partial charge in [0.05, 0.1) is 16.6 Å². The van der Waals surface area contributed by atoms with E-state index in [0.29, 0.717) is 35.8 Å². The Kier molecular flexibility index (Phi) is 4.05. The molecule has 3 aromatic rings. The molecule has 0 saturated carbocycles. The average molecular weight is 423 g/mol. The molecule has 7 heteroatoms. The van der Waals surface area contributed by atoms with Crippen LogP contribution in [0.2, 0.25) is 5.02 Å². The first-order valence-electron chi connectivity index (χ1n) is 9.97. The van der Waals surface area contributed by atoms with Crippen LogP contribution in [0.1, 0.15) is 41.9 Å². The Hall–Kier alpha value is -3.12. The number of likely N-dealkylation sites (N-methyl/N-ethyl adjacent to an activating group) is 1. The monoisotopic (exact) mass is 422 g/mol. The second-order valence-electron chi connectivity index (χ2n) is 7.51. The van der Waals surface area contributed by atoms with E-state index < -0.39 is 16.9 Å². The highest BCUT2D eigenvalue weighted by Crippen LogP contribution is 2.52. The molecule has 2 aliphatic heterocycles. The Labute approximate surface area is 177 Å². The van der Waals surface area contributed by atoms with Crippen molar-refractivity contribution in [1.82, 2.24) is 4.90 Å². The van der Waals surface area contributed by atoms with Gasteiger partial charge in [0.1, 0.15) is 5.58 Å². The predicted octanol–water partition coefficient (Wildman–Crippen LogP) is 3.92. The molecule has 0 aliphatic carbocycles. The van der Waals surface area contributed by atoms with Gasteiger partial charge in [0.2, 0.25) is 5.76 Å². The number of amides is 2. The molecule has 0 bridgehead atoms. The zero-order valence-electron chi connectivity index (χ0n) is 16.6. The van der Waals surface area contributed by atoms with E-state index in [2.05, 4.69) is 0 Å². The highest BCUT2D eigenvalue weighted by atomic mass is 35.5. The van der Waals surface area contributed by atoms with Crippen LogP contribution in [-0.4, -0.2) is 29.8 Å². The molecule has 152 valence electrons. The van der Waals surface area contributed by atoms with Gasteiger partial charge in [-0.25, -0.2) is 0 Å². The molecule has 2 aromatic carbocycles. The van der Waals surface area contributed by atoms with Crippen molar-refractivity contribution in [1.29, 1.82) is 0 Å². The summed E-state index contributed by atoms with van der Waals surface area (Å²) in [4.78, 5) is 44.2. The SMILES string of the molecule is CCCN1C(=O)c2oc3ccc(Cl)cc3c(=O)c2C12C(=O)N(CC)c1ccccc12. The molecule has 3 heterocycles. The lowest BCUT2D eigenvalue weighted by Gasteiger charge is -2.34. The summed E-state index contributed by atoms with van der Waals surface area (Å²) in [5, 5.41) is 0.638. The Morgan fingerprint density at radius 2 is 1.83 bits per heavy atom. The minimum Gasteiger partial charge on any atom is -0.450 e. The van der Waals surface area contributed by atoms with Crippen molar-refractivity contribution in [3.8, 4) is 0 Å². The summed E-state index contributed by atoms with van der Waals surface area (Å²) < 4.78 is 5.93. The average Bonchev–Trinajstić information content (AvgIpc) is 3.14. The van der Waals surface area contributed by atoms with E-state index in [1.165, 1.54) is 11.0 Å².